The molecule has 162 valence electrons. The molecule has 0 heterocycles. The average molecular weight is 479 g/mol. The van der Waals surface area contributed by atoms with E-state index in [1.165, 1.54) is 18.2 Å². The van der Waals surface area contributed by atoms with Crippen molar-refractivity contribution in [3.8, 4) is 5.75 Å². The third-order valence-electron chi connectivity index (χ3n) is 4.65. The van der Waals surface area contributed by atoms with E-state index >= 15 is 0 Å². The van der Waals surface area contributed by atoms with Gasteiger partial charge in [-0.2, -0.15) is 0 Å². The third kappa shape index (κ3) is 5.98. The molecule has 6 nitrogen and oxygen atoms in total. The summed E-state index contributed by atoms with van der Waals surface area (Å²) in [4.78, 5) is 13.0. The molecule has 3 rings (SSSR count). The molecule has 0 fully saturated rings. The predicted molar refractivity (Wildman–Crippen MR) is 123 cm³/mol. The zero-order valence-electron chi connectivity index (χ0n) is 16.5. The maximum atomic E-state index is 13.0. The van der Waals surface area contributed by atoms with E-state index in [0.29, 0.717) is 27.0 Å². The molecular formula is C22H20Cl2N2O4S. The molecule has 1 unspecified atom stereocenters. The van der Waals surface area contributed by atoms with Crippen LogP contribution in [-0.4, -0.2) is 21.3 Å². The minimum absolute atomic E-state index is 0.00265. The lowest BCUT2D eigenvalue weighted by atomic mass is 9.97. The predicted octanol–water partition coefficient (Wildman–Crippen LogP) is 5.08. The van der Waals surface area contributed by atoms with Crippen LogP contribution < -0.4 is 15.2 Å². The van der Waals surface area contributed by atoms with Gasteiger partial charge in [0.25, 0.3) is 0 Å². The van der Waals surface area contributed by atoms with Gasteiger partial charge in [0.1, 0.15) is 5.75 Å². The van der Waals surface area contributed by atoms with E-state index in [-0.39, 0.29) is 17.1 Å². The average Bonchev–Trinajstić information content (AvgIpc) is 2.75. The molecule has 3 aromatic rings. The molecule has 3 aromatic carbocycles. The first-order valence-electron chi connectivity index (χ1n) is 9.19. The number of benzene rings is 3. The van der Waals surface area contributed by atoms with Crippen LogP contribution in [-0.2, 0) is 10.0 Å². The molecule has 0 spiro atoms. The Morgan fingerprint density at radius 3 is 2.35 bits per heavy atom. The van der Waals surface area contributed by atoms with Gasteiger partial charge in [-0.1, -0.05) is 35.3 Å². The number of carbonyl (C=O) groups excluding carboxylic acids is 1. The summed E-state index contributed by atoms with van der Waals surface area (Å²) in [6, 6.07) is 17.7. The first-order valence-corrected chi connectivity index (χ1v) is 11.5. The second-order valence-corrected chi connectivity index (χ2v) is 9.17. The molecule has 0 saturated heterocycles. The monoisotopic (exact) mass is 478 g/mol. The van der Waals surface area contributed by atoms with Crippen LogP contribution in [0.5, 0.6) is 5.75 Å². The standard InChI is InChI=1S/C22H20Cl2N2O4S/c1-30-17-4-2-3-14(11-17)21(13-22(27)15-5-10-19(23)20(24)12-15)26-16-6-8-18(9-7-16)31(25,28)29/h2-12,21,26H,13H2,1H3,(H2,25,28,29). The smallest absolute Gasteiger partial charge is 0.238 e. The van der Waals surface area contributed by atoms with Crippen LogP contribution in [0.25, 0.3) is 0 Å². The second kappa shape index (κ2) is 9.70. The number of hydrogen-bond donors (Lipinski definition) is 2. The van der Waals surface area contributed by atoms with E-state index in [1.54, 1.807) is 31.4 Å². The molecule has 0 bridgehead atoms. The van der Waals surface area contributed by atoms with Crippen LogP contribution >= 0.6 is 23.2 Å². The van der Waals surface area contributed by atoms with Crippen LogP contribution in [0, 0.1) is 0 Å². The van der Waals surface area contributed by atoms with Crippen molar-refractivity contribution in [2.24, 2.45) is 5.14 Å². The van der Waals surface area contributed by atoms with Crippen LogP contribution in [0.1, 0.15) is 28.4 Å². The van der Waals surface area contributed by atoms with Gasteiger partial charge in [-0.25, -0.2) is 13.6 Å². The molecular weight excluding hydrogens is 459 g/mol. The second-order valence-electron chi connectivity index (χ2n) is 6.80. The van der Waals surface area contributed by atoms with Crippen LogP contribution in [0.4, 0.5) is 5.69 Å². The maximum absolute atomic E-state index is 13.0. The number of carbonyl (C=O) groups is 1. The summed E-state index contributed by atoms with van der Waals surface area (Å²) in [6.45, 7) is 0. The summed E-state index contributed by atoms with van der Waals surface area (Å²) in [5.41, 5.74) is 1.89. The number of ether oxygens (including phenoxy) is 1. The molecule has 0 radical (unpaired) electrons. The Bertz CT molecular complexity index is 1200. The Kier molecular flexibility index (Phi) is 7.23. The zero-order valence-corrected chi connectivity index (χ0v) is 18.8. The Morgan fingerprint density at radius 1 is 1.03 bits per heavy atom. The van der Waals surface area contributed by atoms with E-state index in [1.807, 2.05) is 24.3 Å². The number of methoxy groups -OCH3 is 1. The van der Waals surface area contributed by atoms with Gasteiger partial charge in [0, 0.05) is 17.7 Å². The highest BCUT2D eigenvalue weighted by Crippen LogP contribution is 2.29. The molecule has 9 heteroatoms. The summed E-state index contributed by atoms with van der Waals surface area (Å²) in [5, 5.41) is 9.11. The van der Waals surface area contributed by atoms with Crippen molar-refractivity contribution in [2.45, 2.75) is 17.4 Å². The number of Topliss-reactive ketones (excluding diaryl/α,β-unsaturated/α-hetero) is 1. The Hall–Kier alpha value is -2.58. The van der Waals surface area contributed by atoms with E-state index in [2.05, 4.69) is 5.32 Å². The molecule has 0 amide bonds. The van der Waals surface area contributed by atoms with Crippen LogP contribution in [0.2, 0.25) is 10.0 Å². The van der Waals surface area contributed by atoms with Gasteiger partial charge < -0.3 is 10.1 Å². The van der Waals surface area contributed by atoms with Gasteiger partial charge in [0.05, 0.1) is 28.1 Å². The summed E-state index contributed by atoms with van der Waals surface area (Å²) < 4.78 is 28.3. The summed E-state index contributed by atoms with van der Waals surface area (Å²) in [5.74, 6) is 0.510. The molecule has 0 aromatic heterocycles. The van der Waals surface area contributed by atoms with Gasteiger partial charge in [-0.05, 0) is 60.2 Å². The maximum Gasteiger partial charge on any atom is 0.238 e. The van der Waals surface area contributed by atoms with Crippen molar-refractivity contribution in [1.82, 2.24) is 0 Å². The van der Waals surface area contributed by atoms with Crippen molar-refractivity contribution in [3.05, 3.63) is 87.9 Å². The molecule has 31 heavy (non-hydrogen) atoms. The number of halogens is 2. The summed E-state index contributed by atoms with van der Waals surface area (Å²) >= 11 is 12.0. The fourth-order valence-electron chi connectivity index (χ4n) is 3.03. The molecule has 0 aliphatic carbocycles. The largest absolute Gasteiger partial charge is 0.497 e. The molecule has 1 atom stereocenters. The lowest BCUT2D eigenvalue weighted by Crippen LogP contribution is -2.16. The van der Waals surface area contributed by atoms with Crippen molar-refractivity contribution >= 4 is 44.7 Å². The number of sulfonamides is 1. The van der Waals surface area contributed by atoms with Gasteiger partial charge in [0.2, 0.25) is 10.0 Å². The fourth-order valence-corrected chi connectivity index (χ4v) is 3.84. The number of anilines is 1. The van der Waals surface area contributed by atoms with Crippen molar-refractivity contribution < 1.29 is 17.9 Å². The zero-order chi connectivity index (χ0) is 22.6. The van der Waals surface area contributed by atoms with Crippen LogP contribution in [0.3, 0.4) is 0 Å². The number of nitrogens with two attached hydrogens (primary N) is 1. The summed E-state index contributed by atoms with van der Waals surface area (Å²) in [6.07, 6.45) is 0.113. The normalized spacial score (nSPS) is 12.3. The van der Waals surface area contributed by atoms with Gasteiger partial charge >= 0.3 is 0 Å². The third-order valence-corrected chi connectivity index (χ3v) is 6.32. The minimum atomic E-state index is -3.79. The Labute approximate surface area is 191 Å². The van der Waals surface area contributed by atoms with E-state index in [9.17, 15) is 13.2 Å². The Morgan fingerprint density at radius 2 is 1.74 bits per heavy atom. The highest BCUT2D eigenvalue weighted by molar-refractivity contribution is 7.89. The number of primary sulfonamides is 1. The highest BCUT2D eigenvalue weighted by atomic mass is 35.5. The Balaban J connectivity index is 1.90. The van der Waals surface area contributed by atoms with E-state index < -0.39 is 16.1 Å². The van der Waals surface area contributed by atoms with Gasteiger partial charge in [0.15, 0.2) is 5.78 Å². The van der Waals surface area contributed by atoms with Crippen molar-refractivity contribution in [3.63, 3.8) is 0 Å². The number of hydrogen-bond acceptors (Lipinski definition) is 5. The van der Waals surface area contributed by atoms with E-state index in [0.717, 1.165) is 5.56 Å². The lowest BCUT2D eigenvalue weighted by Gasteiger charge is -2.21. The van der Waals surface area contributed by atoms with Gasteiger partial charge in [-0.3, -0.25) is 4.79 Å². The first kappa shape index (κ1) is 23.1. The number of rotatable bonds is 8. The lowest BCUT2D eigenvalue weighted by molar-refractivity contribution is 0.0976. The van der Waals surface area contributed by atoms with E-state index in [4.69, 9.17) is 33.1 Å². The molecule has 0 aliphatic rings. The number of ketones is 1. The van der Waals surface area contributed by atoms with Crippen molar-refractivity contribution in [2.75, 3.05) is 12.4 Å². The van der Waals surface area contributed by atoms with Crippen molar-refractivity contribution in [1.29, 1.82) is 0 Å². The minimum Gasteiger partial charge on any atom is -0.497 e. The molecule has 0 aliphatic heterocycles. The fraction of sp³-hybridized carbons (Fsp3) is 0.136. The topological polar surface area (TPSA) is 98.5 Å². The number of nitrogens with one attached hydrogen (secondary N) is 1. The molecule has 0 saturated carbocycles. The molecule has 3 N–H and O–H groups in total. The SMILES string of the molecule is COc1cccc(C(CC(=O)c2ccc(Cl)c(Cl)c2)Nc2ccc(S(N)(=O)=O)cc2)c1. The summed E-state index contributed by atoms with van der Waals surface area (Å²) in [7, 11) is -2.23. The quantitative estimate of drug-likeness (QED) is 0.440. The highest BCUT2D eigenvalue weighted by Gasteiger charge is 2.19. The first-order chi connectivity index (χ1) is 14.7. The van der Waals surface area contributed by atoms with Crippen LogP contribution in [0.15, 0.2) is 71.6 Å². The van der Waals surface area contributed by atoms with Gasteiger partial charge in [-0.15, -0.1) is 0 Å².